The first-order valence-electron chi connectivity index (χ1n) is 12.6. The standard InChI is InChI=1S/C29H34N4O3/c30-18-22-8-12-24(13-9-22)28(34)33-27(29(35)32-25-7-4-16-31-19-25)17-21-10-14-26(15-11-21)36-20-23-5-2-1-3-6-23/h1-7,10-11,14-16,19,22,24,27H,8-9,12-13,17-18,20,30H2,(H,32,35)(H,33,34)/t22?,24?,27-/m0/s1. The molecule has 0 bridgehead atoms. The molecule has 3 aromatic rings. The molecule has 0 saturated heterocycles. The lowest BCUT2D eigenvalue weighted by atomic mass is 9.81. The van der Waals surface area contributed by atoms with Crippen LogP contribution in [-0.2, 0) is 22.6 Å². The molecule has 1 aliphatic carbocycles. The van der Waals surface area contributed by atoms with Crippen LogP contribution in [0, 0.1) is 11.8 Å². The number of amides is 2. The average molecular weight is 487 g/mol. The van der Waals surface area contributed by atoms with Gasteiger partial charge in [0.15, 0.2) is 0 Å². The Bertz CT molecular complexity index is 1100. The van der Waals surface area contributed by atoms with Crippen LogP contribution in [-0.4, -0.2) is 29.4 Å². The van der Waals surface area contributed by atoms with Crippen molar-refractivity contribution in [2.24, 2.45) is 17.6 Å². The van der Waals surface area contributed by atoms with Gasteiger partial charge in [0.2, 0.25) is 11.8 Å². The molecule has 1 aliphatic rings. The molecule has 1 aromatic heterocycles. The number of ether oxygens (including phenoxy) is 1. The van der Waals surface area contributed by atoms with Gasteiger partial charge in [-0.3, -0.25) is 14.6 Å². The number of anilines is 1. The maximum Gasteiger partial charge on any atom is 0.247 e. The summed E-state index contributed by atoms with van der Waals surface area (Å²) in [6, 6.07) is 20.5. The first kappa shape index (κ1) is 25.4. The lowest BCUT2D eigenvalue weighted by Gasteiger charge is -2.28. The molecule has 1 atom stereocenters. The molecular formula is C29H34N4O3. The summed E-state index contributed by atoms with van der Waals surface area (Å²) in [5.74, 6) is 0.812. The summed E-state index contributed by atoms with van der Waals surface area (Å²) < 4.78 is 5.88. The number of hydrogen-bond donors (Lipinski definition) is 3. The quantitative estimate of drug-likeness (QED) is 0.400. The van der Waals surface area contributed by atoms with Crippen molar-refractivity contribution in [2.75, 3.05) is 11.9 Å². The van der Waals surface area contributed by atoms with Gasteiger partial charge in [-0.05, 0) is 73.5 Å². The summed E-state index contributed by atoms with van der Waals surface area (Å²) in [7, 11) is 0. The molecule has 0 aliphatic heterocycles. The lowest BCUT2D eigenvalue weighted by Crippen LogP contribution is -2.48. The molecule has 1 heterocycles. The van der Waals surface area contributed by atoms with Crippen molar-refractivity contribution < 1.29 is 14.3 Å². The third-order valence-corrected chi connectivity index (χ3v) is 6.72. The Morgan fingerprint density at radius 3 is 2.36 bits per heavy atom. The number of nitrogens with one attached hydrogen (secondary N) is 2. The third kappa shape index (κ3) is 7.39. The van der Waals surface area contributed by atoms with Crippen LogP contribution in [0.4, 0.5) is 5.69 Å². The number of aromatic nitrogens is 1. The maximum absolute atomic E-state index is 13.2. The van der Waals surface area contributed by atoms with Crippen LogP contribution >= 0.6 is 0 Å². The zero-order valence-electron chi connectivity index (χ0n) is 20.4. The largest absolute Gasteiger partial charge is 0.489 e. The van der Waals surface area contributed by atoms with Gasteiger partial charge in [0.25, 0.3) is 0 Å². The van der Waals surface area contributed by atoms with Gasteiger partial charge in [-0.2, -0.15) is 0 Å². The lowest BCUT2D eigenvalue weighted by molar-refractivity contribution is -0.130. The van der Waals surface area contributed by atoms with E-state index in [1.807, 2.05) is 54.6 Å². The van der Waals surface area contributed by atoms with Crippen LogP contribution in [0.25, 0.3) is 0 Å². The second-order valence-electron chi connectivity index (χ2n) is 9.37. The van der Waals surface area contributed by atoms with Crippen LogP contribution in [0.5, 0.6) is 5.75 Å². The number of benzene rings is 2. The van der Waals surface area contributed by atoms with E-state index in [4.69, 9.17) is 10.5 Å². The normalized spacial score (nSPS) is 18.1. The zero-order valence-corrected chi connectivity index (χ0v) is 20.4. The Morgan fingerprint density at radius 1 is 0.944 bits per heavy atom. The Labute approximate surface area is 212 Å². The summed E-state index contributed by atoms with van der Waals surface area (Å²) in [4.78, 5) is 30.3. The van der Waals surface area contributed by atoms with Gasteiger partial charge in [0.1, 0.15) is 18.4 Å². The number of pyridine rings is 1. The van der Waals surface area contributed by atoms with Gasteiger partial charge in [-0.15, -0.1) is 0 Å². The van der Waals surface area contributed by atoms with Gasteiger partial charge in [0, 0.05) is 18.5 Å². The molecule has 7 nitrogen and oxygen atoms in total. The van der Waals surface area contributed by atoms with E-state index in [0.717, 1.165) is 42.6 Å². The topological polar surface area (TPSA) is 106 Å². The van der Waals surface area contributed by atoms with Crippen LogP contribution in [0.3, 0.4) is 0 Å². The Kier molecular flexibility index (Phi) is 9.05. The van der Waals surface area contributed by atoms with E-state index < -0.39 is 6.04 Å². The summed E-state index contributed by atoms with van der Waals surface area (Å²) >= 11 is 0. The zero-order chi connectivity index (χ0) is 25.2. The highest BCUT2D eigenvalue weighted by atomic mass is 16.5. The van der Waals surface area contributed by atoms with Gasteiger partial charge in [0.05, 0.1) is 11.9 Å². The molecule has 0 unspecified atom stereocenters. The Balaban J connectivity index is 1.40. The van der Waals surface area contributed by atoms with E-state index in [-0.39, 0.29) is 17.7 Å². The molecule has 2 amide bonds. The fourth-order valence-corrected chi connectivity index (χ4v) is 4.52. The molecule has 0 radical (unpaired) electrons. The highest BCUT2D eigenvalue weighted by Gasteiger charge is 2.29. The predicted molar refractivity (Wildman–Crippen MR) is 140 cm³/mol. The van der Waals surface area contributed by atoms with Crippen molar-refractivity contribution in [1.82, 2.24) is 10.3 Å². The summed E-state index contributed by atoms with van der Waals surface area (Å²) in [5.41, 5.74) is 8.41. The highest BCUT2D eigenvalue weighted by molar-refractivity contribution is 5.97. The molecule has 7 heteroatoms. The van der Waals surface area contributed by atoms with Crippen LogP contribution in [0.15, 0.2) is 79.1 Å². The Hall–Kier alpha value is -3.71. The average Bonchev–Trinajstić information content (AvgIpc) is 2.93. The molecule has 4 N–H and O–H groups in total. The number of hydrogen-bond acceptors (Lipinski definition) is 5. The van der Waals surface area contributed by atoms with Crippen LogP contribution in [0.2, 0.25) is 0 Å². The van der Waals surface area contributed by atoms with Crippen molar-refractivity contribution in [3.8, 4) is 5.75 Å². The van der Waals surface area contributed by atoms with Gasteiger partial charge in [-0.25, -0.2) is 0 Å². The van der Waals surface area contributed by atoms with Gasteiger partial charge < -0.3 is 21.1 Å². The second-order valence-corrected chi connectivity index (χ2v) is 9.37. The summed E-state index contributed by atoms with van der Waals surface area (Å²) in [5, 5.41) is 5.89. The maximum atomic E-state index is 13.2. The van der Waals surface area contributed by atoms with Crippen molar-refractivity contribution in [3.63, 3.8) is 0 Å². The first-order valence-corrected chi connectivity index (χ1v) is 12.6. The SMILES string of the molecule is NCC1CCC(C(=O)N[C@@H](Cc2ccc(OCc3ccccc3)cc2)C(=O)Nc2cccnc2)CC1. The van der Waals surface area contributed by atoms with E-state index >= 15 is 0 Å². The number of nitrogens with two attached hydrogens (primary N) is 1. The molecule has 4 rings (SSSR count). The molecule has 1 fully saturated rings. The Morgan fingerprint density at radius 2 is 1.69 bits per heavy atom. The second kappa shape index (κ2) is 12.8. The van der Waals surface area contributed by atoms with Crippen molar-refractivity contribution in [3.05, 3.63) is 90.3 Å². The molecule has 36 heavy (non-hydrogen) atoms. The minimum atomic E-state index is -0.707. The molecule has 2 aromatic carbocycles. The number of carbonyl (C=O) groups excluding carboxylic acids is 2. The molecule has 188 valence electrons. The van der Waals surface area contributed by atoms with Gasteiger partial charge >= 0.3 is 0 Å². The van der Waals surface area contributed by atoms with Crippen molar-refractivity contribution >= 4 is 17.5 Å². The van der Waals surface area contributed by atoms with Crippen LogP contribution in [0.1, 0.15) is 36.8 Å². The number of carbonyl (C=O) groups is 2. The third-order valence-electron chi connectivity index (χ3n) is 6.72. The highest BCUT2D eigenvalue weighted by Crippen LogP contribution is 2.28. The van der Waals surface area contributed by atoms with E-state index in [2.05, 4.69) is 15.6 Å². The minimum absolute atomic E-state index is 0.0698. The van der Waals surface area contributed by atoms with Gasteiger partial charge in [-0.1, -0.05) is 42.5 Å². The van der Waals surface area contributed by atoms with E-state index in [9.17, 15) is 9.59 Å². The number of nitrogens with zero attached hydrogens (tertiary/aromatic N) is 1. The number of rotatable bonds is 10. The van der Waals surface area contributed by atoms with E-state index in [1.54, 1.807) is 24.5 Å². The molecule has 0 spiro atoms. The molecule has 1 saturated carbocycles. The monoisotopic (exact) mass is 486 g/mol. The first-order chi connectivity index (χ1) is 17.6. The predicted octanol–water partition coefficient (Wildman–Crippen LogP) is 4.09. The minimum Gasteiger partial charge on any atom is -0.489 e. The van der Waals surface area contributed by atoms with E-state index in [0.29, 0.717) is 31.2 Å². The van der Waals surface area contributed by atoms with Crippen molar-refractivity contribution in [2.45, 2.75) is 44.8 Å². The fourth-order valence-electron chi connectivity index (χ4n) is 4.52. The summed E-state index contributed by atoms with van der Waals surface area (Å²) in [6.45, 7) is 1.15. The van der Waals surface area contributed by atoms with Crippen LogP contribution < -0.4 is 21.1 Å². The summed E-state index contributed by atoms with van der Waals surface area (Å²) in [6.07, 6.45) is 7.11. The van der Waals surface area contributed by atoms with E-state index in [1.165, 1.54) is 0 Å². The molecular weight excluding hydrogens is 452 g/mol. The van der Waals surface area contributed by atoms with Crippen molar-refractivity contribution in [1.29, 1.82) is 0 Å². The fraction of sp³-hybridized carbons (Fsp3) is 0.345. The smallest absolute Gasteiger partial charge is 0.247 e.